The summed E-state index contributed by atoms with van der Waals surface area (Å²) in [7, 11) is 0. The van der Waals surface area contributed by atoms with E-state index in [-0.39, 0.29) is 10.6 Å². The molecule has 0 aliphatic rings. The van der Waals surface area contributed by atoms with Gasteiger partial charge in [0.25, 0.3) is 0 Å². The van der Waals surface area contributed by atoms with Gasteiger partial charge in [0.05, 0.1) is 16.5 Å². The fourth-order valence-electron chi connectivity index (χ4n) is 2.19. The van der Waals surface area contributed by atoms with E-state index in [1.165, 1.54) is 0 Å². The highest BCUT2D eigenvalue weighted by atomic mass is 35.5. The summed E-state index contributed by atoms with van der Waals surface area (Å²) in [6, 6.07) is 1.54. The standard InChI is InChI=1S/C13H14Cl2N4O2/c1-3-10-13(19(20)21)11(4-2)18(17-10)7-8-6-16-12(15)5-9(8)14/h5-6H,3-4,7H2,1-2H3. The number of pyridine rings is 1. The van der Waals surface area contributed by atoms with Crippen LogP contribution in [0.2, 0.25) is 10.2 Å². The van der Waals surface area contributed by atoms with Crippen LogP contribution >= 0.6 is 23.2 Å². The lowest BCUT2D eigenvalue weighted by Gasteiger charge is -2.07. The van der Waals surface area contributed by atoms with Gasteiger partial charge in [-0.3, -0.25) is 14.8 Å². The fraction of sp³-hybridized carbons (Fsp3) is 0.385. The zero-order valence-corrected chi connectivity index (χ0v) is 13.1. The van der Waals surface area contributed by atoms with E-state index in [0.29, 0.717) is 40.9 Å². The zero-order valence-electron chi connectivity index (χ0n) is 11.6. The first-order valence-corrected chi connectivity index (χ1v) is 7.26. The molecule has 0 atom stereocenters. The Morgan fingerprint density at radius 3 is 2.57 bits per heavy atom. The van der Waals surface area contributed by atoms with Crippen LogP contribution < -0.4 is 0 Å². The first-order valence-electron chi connectivity index (χ1n) is 6.50. The molecule has 2 rings (SSSR count). The van der Waals surface area contributed by atoms with Gasteiger partial charge in [-0.25, -0.2) is 4.98 Å². The van der Waals surface area contributed by atoms with E-state index < -0.39 is 0 Å². The molecule has 0 radical (unpaired) electrons. The Labute approximate surface area is 131 Å². The minimum absolute atomic E-state index is 0.0954. The average Bonchev–Trinajstić information content (AvgIpc) is 2.79. The summed E-state index contributed by atoms with van der Waals surface area (Å²) in [5, 5.41) is 16.3. The van der Waals surface area contributed by atoms with Crippen molar-refractivity contribution in [2.45, 2.75) is 33.2 Å². The minimum atomic E-state index is -0.372. The first kappa shape index (κ1) is 15.7. The predicted octanol–water partition coefficient (Wildman–Crippen LogP) is 3.67. The van der Waals surface area contributed by atoms with Crippen LogP contribution in [0.25, 0.3) is 0 Å². The van der Waals surface area contributed by atoms with Gasteiger partial charge in [0.1, 0.15) is 16.5 Å². The number of halogens is 2. The van der Waals surface area contributed by atoms with Crippen LogP contribution in [0.3, 0.4) is 0 Å². The van der Waals surface area contributed by atoms with Crippen LogP contribution in [0.5, 0.6) is 0 Å². The summed E-state index contributed by atoms with van der Waals surface area (Å²) in [4.78, 5) is 14.8. The maximum Gasteiger partial charge on any atom is 0.313 e. The molecule has 8 heteroatoms. The zero-order chi connectivity index (χ0) is 15.6. The second-order valence-electron chi connectivity index (χ2n) is 4.46. The number of hydrogen-bond donors (Lipinski definition) is 0. The third-order valence-electron chi connectivity index (χ3n) is 3.17. The summed E-state index contributed by atoms with van der Waals surface area (Å²) >= 11 is 11.9. The molecule has 0 saturated carbocycles. The van der Waals surface area contributed by atoms with Crippen molar-refractivity contribution in [3.05, 3.63) is 49.5 Å². The Bertz CT molecular complexity index is 685. The highest BCUT2D eigenvalue weighted by molar-refractivity contribution is 6.34. The van der Waals surface area contributed by atoms with Gasteiger partial charge < -0.3 is 0 Å². The number of aromatic nitrogens is 3. The fourth-order valence-corrected chi connectivity index (χ4v) is 2.61. The molecule has 0 aliphatic carbocycles. The lowest BCUT2D eigenvalue weighted by atomic mass is 10.2. The monoisotopic (exact) mass is 328 g/mol. The van der Waals surface area contributed by atoms with Crippen LogP contribution in [-0.2, 0) is 19.4 Å². The summed E-state index contributed by atoms with van der Waals surface area (Å²) in [5.74, 6) is 0. The molecule has 21 heavy (non-hydrogen) atoms. The Kier molecular flexibility index (Phi) is 4.80. The second kappa shape index (κ2) is 6.41. The molecule has 0 saturated heterocycles. The minimum Gasteiger partial charge on any atom is -0.258 e. The van der Waals surface area contributed by atoms with Crippen LogP contribution in [0.1, 0.15) is 30.8 Å². The topological polar surface area (TPSA) is 73.8 Å². The van der Waals surface area contributed by atoms with Gasteiger partial charge in [-0.15, -0.1) is 0 Å². The number of hydrogen-bond acceptors (Lipinski definition) is 4. The molecule has 0 amide bonds. The molecule has 0 N–H and O–H groups in total. The number of nitrogens with zero attached hydrogens (tertiary/aromatic N) is 4. The molecule has 0 unspecified atom stereocenters. The van der Waals surface area contributed by atoms with Crippen molar-refractivity contribution in [3.63, 3.8) is 0 Å². The SMILES string of the molecule is CCc1nn(Cc2cnc(Cl)cc2Cl)c(CC)c1[N+](=O)[O-]. The van der Waals surface area contributed by atoms with Gasteiger partial charge in [-0.2, -0.15) is 5.10 Å². The van der Waals surface area contributed by atoms with Crippen molar-refractivity contribution in [1.29, 1.82) is 0 Å². The van der Waals surface area contributed by atoms with E-state index in [9.17, 15) is 10.1 Å². The van der Waals surface area contributed by atoms with E-state index in [1.54, 1.807) is 16.9 Å². The molecule has 0 fully saturated rings. The lowest BCUT2D eigenvalue weighted by Crippen LogP contribution is -2.07. The van der Waals surface area contributed by atoms with Gasteiger partial charge in [-0.05, 0) is 18.9 Å². The van der Waals surface area contributed by atoms with Crippen molar-refractivity contribution in [2.75, 3.05) is 0 Å². The average molecular weight is 329 g/mol. The van der Waals surface area contributed by atoms with Gasteiger partial charge >= 0.3 is 5.69 Å². The van der Waals surface area contributed by atoms with Gasteiger partial charge in [-0.1, -0.05) is 37.0 Å². The Morgan fingerprint density at radius 2 is 2.05 bits per heavy atom. The number of nitro groups is 1. The van der Waals surface area contributed by atoms with Crippen molar-refractivity contribution in [2.24, 2.45) is 0 Å². The van der Waals surface area contributed by atoms with E-state index in [4.69, 9.17) is 23.2 Å². The van der Waals surface area contributed by atoms with Crippen molar-refractivity contribution >= 4 is 28.9 Å². The maximum atomic E-state index is 11.2. The van der Waals surface area contributed by atoms with E-state index in [1.807, 2.05) is 13.8 Å². The number of aryl methyl sites for hydroxylation is 1. The predicted molar refractivity (Wildman–Crippen MR) is 81.0 cm³/mol. The molecule has 2 aromatic rings. The largest absolute Gasteiger partial charge is 0.313 e. The van der Waals surface area contributed by atoms with E-state index in [2.05, 4.69) is 10.1 Å². The Hall–Kier alpha value is -1.66. The summed E-state index contributed by atoms with van der Waals surface area (Å²) in [6.07, 6.45) is 2.58. The summed E-state index contributed by atoms with van der Waals surface area (Å²) in [6.45, 7) is 4.03. The van der Waals surface area contributed by atoms with E-state index in [0.717, 1.165) is 5.56 Å². The second-order valence-corrected chi connectivity index (χ2v) is 5.26. The van der Waals surface area contributed by atoms with Crippen LogP contribution in [0.15, 0.2) is 12.3 Å². The summed E-state index contributed by atoms with van der Waals surface area (Å²) in [5.41, 5.74) is 1.88. The highest BCUT2D eigenvalue weighted by Crippen LogP contribution is 2.27. The molecular formula is C13H14Cl2N4O2. The quantitative estimate of drug-likeness (QED) is 0.477. The maximum absolute atomic E-state index is 11.2. The van der Waals surface area contributed by atoms with Gasteiger partial charge in [0.2, 0.25) is 0 Å². The van der Waals surface area contributed by atoms with Crippen molar-refractivity contribution in [3.8, 4) is 0 Å². The van der Waals surface area contributed by atoms with E-state index >= 15 is 0 Å². The molecule has 0 spiro atoms. The Morgan fingerprint density at radius 1 is 1.33 bits per heavy atom. The molecule has 6 nitrogen and oxygen atoms in total. The first-order chi connectivity index (χ1) is 9.97. The molecule has 0 aromatic carbocycles. The summed E-state index contributed by atoms with van der Waals surface area (Å²) < 4.78 is 1.62. The van der Waals surface area contributed by atoms with Crippen molar-refractivity contribution < 1.29 is 4.92 Å². The molecule has 2 aromatic heterocycles. The normalized spacial score (nSPS) is 10.9. The lowest BCUT2D eigenvalue weighted by molar-refractivity contribution is -0.386. The molecule has 0 aliphatic heterocycles. The van der Waals surface area contributed by atoms with Crippen LogP contribution in [0.4, 0.5) is 5.69 Å². The molecule has 112 valence electrons. The third-order valence-corrected chi connectivity index (χ3v) is 3.73. The molecule has 0 bridgehead atoms. The smallest absolute Gasteiger partial charge is 0.258 e. The third kappa shape index (κ3) is 3.16. The Balaban J connectivity index is 2.46. The van der Waals surface area contributed by atoms with Crippen molar-refractivity contribution in [1.82, 2.24) is 14.8 Å². The van der Waals surface area contributed by atoms with Gasteiger partial charge in [0.15, 0.2) is 0 Å². The molecule has 2 heterocycles. The van der Waals surface area contributed by atoms with Crippen LogP contribution in [0, 0.1) is 10.1 Å². The highest BCUT2D eigenvalue weighted by Gasteiger charge is 2.25. The van der Waals surface area contributed by atoms with Crippen LogP contribution in [-0.4, -0.2) is 19.7 Å². The number of rotatable bonds is 5. The van der Waals surface area contributed by atoms with Gasteiger partial charge in [0, 0.05) is 11.8 Å². The molecular weight excluding hydrogens is 315 g/mol.